The number of nitrogens with one attached hydrogen (secondary N) is 1. The quantitative estimate of drug-likeness (QED) is 0.571. The highest BCUT2D eigenvalue weighted by Gasteiger charge is 1.95. The summed E-state index contributed by atoms with van der Waals surface area (Å²) in [4.78, 5) is 0. The van der Waals surface area contributed by atoms with Crippen molar-refractivity contribution in [1.82, 2.24) is 5.32 Å². The van der Waals surface area contributed by atoms with Gasteiger partial charge in [-0.05, 0) is 31.4 Å². The van der Waals surface area contributed by atoms with Gasteiger partial charge >= 0.3 is 0 Å². The molecule has 0 aliphatic carbocycles. The van der Waals surface area contributed by atoms with Gasteiger partial charge in [-0.15, -0.1) is 0 Å². The summed E-state index contributed by atoms with van der Waals surface area (Å²) >= 11 is 1.96. The lowest BCUT2D eigenvalue weighted by atomic mass is 10.3. The summed E-state index contributed by atoms with van der Waals surface area (Å²) in [7, 11) is 0. The maximum Gasteiger partial charge on any atom is 0.0581 e. The smallest absolute Gasteiger partial charge is 0.0581 e. The molecule has 0 heterocycles. The molecule has 2 N–H and O–H groups in total. The fraction of sp³-hybridized carbons (Fsp3) is 1.00. The summed E-state index contributed by atoms with van der Waals surface area (Å²) in [5.41, 5.74) is 0. The summed E-state index contributed by atoms with van der Waals surface area (Å²) in [6.45, 7) is 5.43. The maximum absolute atomic E-state index is 8.67. The Morgan fingerprint density at radius 3 is 2.82 bits per heavy atom. The topological polar surface area (TPSA) is 32.3 Å². The average Bonchev–Trinajstić information content (AvgIpc) is 2.04. The van der Waals surface area contributed by atoms with Crippen molar-refractivity contribution in [2.45, 2.75) is 26.3 Å². The lowest BCUT2D eigenvalue weighted by Gasteiger charge is -2.09. The van der Waals surface area contributed by atoms with Crippen LogP contribution in [0.25, 0.3) is 0 Å². The van der Waals surface area contributed by atoms with E-state index in [0.29, 0.717) is 0 Å². The number of aliphatic hydroxyl groups excluding tert-OH is 1. The van der Waals surface area contributed by atoms with E-state index in [-0.39, 0.29) is 12.6 Å². The number of thioether (sulfide) groups is 1. The molecule has 11 heavy (non-hydrogen) atoms. The van der Waals surface area contributed by atoms with E-state index in [2.05, 4.69) is 12.2 Å². The van der Waals surface area contributed by atoms with Gasteiger partial charge in [0.1, 0.15) is 0 Å². The Balaban J connectivity index is 2.89. The third kappa shape index (κ3) is 8.17. The van der Waals surface area contributed by atoms with Crippen molar-refractivity contribution in [3.8, 4) is 0 Å². The molecule has 3 heteroatoms. The van der Waals surface area contributed by atoms with Crippen LogP contribution in [0.1, 0.15) is 20.3 Å². The normalized spacial score (nSPS) is 13.4. The molecule has 0 aromatic heterocycles. The predicted octanol–water partition coefficient (Wildman–Crippen LogP) is 1.10. The fourth-order valence-electron chi connectivity index (χ4n) is 0.732. The summed E-state index contributed by atoms with van der Waals surface area (Å²) in [6.07, 6.45) is 1.20. The average molecular weight is 177 g/mol. The Morgan fingerprint density at radius 2 is 2.27 bits per heavy atom. The van der Waals surface area contributed by atoms with Crippen LogP contribution in [0.3, 0.4) is 0 Å². The van der Waals surface area contributed by atoms with Crippen molar-refractivity contribution in [3.05, 3.63) is 0 Å². The first-order valence-electron chi connectivity index (χ1n) is 4.23. The van der Waals surface area contributed by atoms with Crippen LogP contribution >= 0.6 is 11.8 Å². The molecule has 0 radical (unpaired) electrons. The van der Waals surface area contributed by atoms with Crippen LogP contribution in [-0.4, -0.2) is 35.8 Å². The van der Waals surface area contributed by atoms with E-state index in [4.69, 9.17) is 5.11 Å². The van der Waals surface area contributed by atoms with E-state index in [9.17, 15) is 0 Å². The van der Waals surface area contributed by atoms with E-state index < -0.39 is 0 Å². The first kappa shape index (κ1) is 11.3. The third-order valence-electron chi connectivity index (χ3n) is 1.44. The Labute approximate surface area is 73.8 Å². The van der Waals surface area contributed by atoms with E-state index in [1.54, 1.807) is 0 Å². The number of rotatable bonds is 7. The molecule has 0 amide bonds. The molecule has 0 saturated carbocycles. The Morgan fingerprint density at radius 1 is 1.55 bits per heavy atom. The minimum absolute atomic E-state index is 0.237. The van der Waals surface area contributed by atoms with Crippen LogP contribution in [0.4, 0.5) is 0 Å². The predicted molar refractivity (Wildman–Crippen MR) is 52.2 cm³/mol. The molecular weight excluding hydrogens is 158 g/mol. The Kier molecular flexibility index (Phi) is 8.57. The lowest BCUT2D eigenvalue weighted by Crippen LogP contribution is -2.30. The highest BCUT2D eigenvalue weighted by molar-refractivity contribution is 7.99. The highest BCUT2D eigenvalue weighted by Crippen LogP contribution is 1.99. The SMILES string of the molecule is CCSCCCNC(C)CO. The molecule has 2 nitrogen and oxygen atoms in total. The van der Waals surface area contributed by atoms with E-state index in [0.717, 1.165) is 6.54 Å². The summed E-state index contributed by atoms with van der Waals surface area (Å²) in [6, 6.07) is 0.252. The second kappa shape index (κ2) is 8.37. The summed E-state index contributed by atoms with van der Waals surface area (Å²) in [5.74, 6) is 2.43. The van der Waals surface area contributed by atoms with Gasteiger partial charge in [-0.2, -0.15) is 11.8 Å². The van der Waals surface area contributed by atoms with Crippen molar-refractivity contribution in [2.75, 3.05) is 24.7 Å². The molecule has 0 aliphatic rings. The van der Waals surface area contributed by atoms with Crippen LogP contribution < -0.4 is 5.32 Å². The van der Waals surface area contributed by atoms with Crippen LogP contribution in [0, 0.1) is 0 Å². The second-order valence-electron chi connectivity index (χ2n) is 2.59. The molecule has 0 rings (SSSR count). The standard InChI is InChI=1S/C8H19NOS/c1-3-11-6-4-5-9-8(2)7-10/h8-10H,3-7H2,1-2H3. The van der Waals surface area contributed by atoms with Gasteiger partial charge in [-0.1, -0.05) is 6.92 Å². The van der Waals surface area contributed by atoms with Gasteiger partial charge in [0, 0.05) is 6.04 Å². The molecule has 0 spiro atoms. The second-order valence-corrected chi connectivity index (χ2v) is 3.98. The minimum Gasteiger partial charge on any atom is -0.395 e. The first-order chi connectivity index (χ1) is 5.31. The molecule has 0 bridgehead atoms. The van der Waals surface area contributed by atoms with Gasteiger partial charge in [0.2, 0.25) is 0 Å². The maximum atomic E-state index is 8.67. The summed E-state index contributed by atoms with van der Waals surface area (Å²) in [5, 5.41) is 11.9. The van der Waals surface area contributed by atoms with E-state index in [1.165, 1.54) is 17.9 Å². The minimum atomic E-state index is 0.237. The summed E-state index contributed by atoms with van der Waals surface area (Å²) < 4.78 is 0. The van der Waals surface area contributed by atoms with Crippen molar-refractivity contribution in [2.24, 2.45) is 0 Å². The van der Waals surface area contributed by atoms with Crippen molar-refractivity contribution in [1.29, 1.82) is 0 Å². The van der Waals surface area contributed by atoms with Crippen molar-refractivity contribution in [3.63, 3.8) is 0 Å². The van der Waals surface area contributed by atoms with Gasteiger partial charge in [-0.3, -0.25) is 0 Å². The number of aliphatic hydroxyl groups is 1. The monoisotopic (exact) mass is 177 g/mol. The van der Waals surface area contributed by atoms with Gasteiger partial charge < -0.3 is 10.4 Å². The van der Waals surface area contributed by atoms with Crippen LogP contribution in [0.5, 0.6) is 0 Å². The molecule has 0 aliphatic heterocycles. The number of hydrogen-bond donors (Lipinski definition) is 2. The van der Waals surface area contributed by atoms with Gasteiger partial charge in [-0.25, -0.2) is 0 Å². The highest BCUT2D eigenvalue weighted by atomic mass is 32.2. The van der Waals surface area contributed by atoms with E-state index >= 15 is 0 Å². The Bertz CT molecular complexity index is 80.5. The molecule has 0 fully saturated rings. The van der Waals surface area contributed by atoms with Gasteiger partial charge in [0.05, 0.1) is 6.61 Å². The molecule has 1 unspecified atom stereocenters. The Hall–Kier alpha value is 0.270. The molecule has 1 atom stereocenters. The number of hydrogen-bond acceptors (Lipinski definition) is 3. The zero-order valence-corrected chi connectivity index (χ0v) is 8.28. The first-order valence-corrected chi connectivity index (χ1v) is 5.38. The van der Waals surface area contributed by atoms with Crippen LogP contribution in [0.2, 0.25) is 0 Å². The van der Waals surface area contributed by atoms with Gasteiger partial charge in [0.15, 0.2) is 0 Å². The molecule has 68 valence electrons. The largest absolute Gasteiger partial charge is 0.395 e. The van der Waals surface area contributed by atoms with Crippen LogP contribution in [-0.2, 0) is 0 Å². The fourth-order valence-corrected chi connectivity index (χ4v) is 1.37. The molecule has 0 aromatic rings. The third-order valence-corrected chi connectivity index (χ3v) is 2.42. The van der Waals surface area contributed by atoms with Crippen molar-refractivity contribution < 1.29 is 5.11 Å². The van der Waals surface area contributed by atoms with Gasteiger partial charge in [0.25, 0.3) is 0 Å². The van der Waals surface area contributed by atoms with Crippen molar-refractivity contribution >= 4 is 11.8 Å². The van der Waals surface area contributed by atoms with E-state index in [1.807, 2.05) is 18.7 Å². The molecule has 0 aromatic carbocycles. The molecule has 0 saturated heterocycles. The molecular formula is C8H19NOS. The zero-order valence-electron chi connectivity index (χ0n) is 7.47. The van der Waals surface area contributed by atoms with Crippen LogP contribution in [0.15, 0.2) is 0 Å². The zero-order chi connectivity index (χ0) is 8.53. The lowest BCUT2D eigenvalue weighted by molar-refractivity contribution is 0.252.